The molecule has 0 fully saturated rings. The molecule has 0 aromatic rings. The van der Waals surface area contributed by atoms with E-state index in [0.717, 1.165) is 6.42 Å². The van der Waals surface area contributed by atoms with E-state index in [-0.39, 0.29) is 5.60 Å². The minimum atomic E-state index is -0.295. The van der Waals surface area contributed by atoms with Gasteiger partial charge in [-0.15, -0.1) is 0 Å². The van der Waals surface area contributed by atoms with Crippen molar-refractivity contribution in [3.63, 3.8) is 0 Å². The van der Waals surface area contributed by atoms with E-state index in [9.17, 15) is 4.79 Å². The number of carbonyl (C=O) groups excluding carboxylic acids is 1. The van der Waals surface area contributed by atoms with Crippen LogP contribution in [0.1, 0.15) is 59.8 Å². The molecular weight excluding hydrogens is 176 g/mol. The first-order valence-electron chi connectivity index (χ1n) is 5.67. The highest BCUT2D eigenvalue weighted by atomic mass is 16.5. The molecule has 0 aromatic heterocycles. The summed E-state index contributed by atoms with van der Waals surface area (Å²) in [5.41, 5.74) is -0.295. The number of rotatable bonds is 8. The number of hydrogen-bond acceptors (Lipinski definition) is 2. The van der Waals surface area contributed by atoms with Gasteiger partial charge in [0.2, 0.25) is 0 Å². The van der Waals surface area contributed by atoms with Crippen LogP contribution >= 0.6 is 0 Å². The molecule has 0 rings (SSSR count). The van der Waals surface area contributed by atoms with E-state index >= 15 is 0 Å². The third-order valence-electron chi connectivity index (χ3n) is 2.69. The summed E-state index contributed by atoms with van der Waals surface area (Å²) < 4.78 is 5.06. The van der Waals surface area contributed by atoms with Crippen molar-refractivity contribution in [1.29, 1.82) is 0 Å². The lowest BCUT2D eigenvalue weighted by Crippen LogP contribution is -2.27. The van der Waals surface area contributed by atoms with Crippen LogP contribution in [0.3, 0.4) is 0 Å². The molecule has 2 nitrogen and oxygen atoms in total. The summed E-state index contributed by atoms with van der Waals surface area (Å²) in [7, 11) is 0. The first-order valence-corrected chi connectivity index (χ1v) is 5.67. The summed E-state index contributed by atoms with van der Waals surface area (Å²) in [5, 5.41) is 0. The maximum absolute atomic E-state index is 10.3. The molecule has 84 valence electrons. The molecule has 0 spiro atoms. The first-order chi connectivity index (χ1) is 6.55. The van der Waals surface area contributed by atoms with Crippen LogP contribution in [-0.4, -0.2) is 12.1 Å². The summed E-state index contributed by atoms with van der Waals surface area (Å²) in [5.74, 6) is 0.685. The molecule has 0 bridgehead atoms. The SMILES string of the molecule is CCCCC(CC)CC(C)(C)OC=O. The van der Waals surface area contributed by atoms with E-state index in [4.69, 9.17) is 4.74 Å². The Balaban J connectivity index is 3.95. The van der Waals surface area contributed by atoms with Crippen molar-refractivity contribution < 1.29 is 9.53 Å². The van der Waals surface area contributed by atoms with Gasteiger partial charge in [-0.2, -0.15) is 0 Å². The molecule has 0 radical (unpaired) electrons. The minimum Gasteiger partial charge on any atom is -0.462 e. The fourth-order valence-corrected chi connectivity index (χ4v) is 1.82. The molecule has 0 heterocycles. The fourth-order valence-electron chi connectivity index (χ4n) is 1.82. The Morgan fingerprint density at radius 1 is 1.36 bits per heavy atom. The monoisotopic (exact) mass is 200 g/mol. The van der Waals surface area contributed by atoms with Crippen LogP contribution in [0.4, 0.5) is 0 Å². The molecule has 0 amide bonds. The fraction of sp³-hybridized carbons (Fsp3) is 0.917. The lowest BCUT2D eigenvalue weighted by Gasteiger charge is -2.27. The van der Waals surface area contributed by atoms with Gasteiger partial charge in [-0.25, -0.2) is 0 Å². The van der Waals surface area contributed by atoms with Crippen molar-refractivity contribution in [1.82, 2.24) is 0 Å². The molecule has 0 N–H and O–H groups in total. The van der Waals surface area contributed by atoms with E-state index in [2.05, 4.69) is 13.8 Å². The average Bonchev–Trinajstić information content (AvgIpc) is 2.12. The van der Waals surface area contributed by atoms with E-state index in [1.807, 2.05) is 13.8 Å². The Morgan fingerprint density at radius 2 is 2.00 bits per heavy atom. The molecule has 0 saturated carbocycles. The minimum absolute atomic E-state index is 0.295. The van der Waals surface area contributed by atoms with Crippen LogP contribution in [-0.2, 0) is 9.53 Å². The molecule has 0 aliphatic rings. The Hall–Kier alpha value is -0.530. The van der Waals surface area contributed by atoms with Crippen LogP contribution < -0.4 is 0 Å². The van der Waals surface area contributed by atoms with E-state index < -0.39 is 0 Å². The van der Waals surface area contributed by atoms with Crippen molar-refractivity contribution in [3.05, 3.63) is 0 Å². The topological polar surface area (TPSA) is 26.3 Å². The predicted octanol–water partition coefficient (Wildman–Crippen LogP) is 3.54. The maximum atomic E-state index is 10.3. The summed E-state index contributed by atoms with van der Waals surface area (Å²) in [6.07, 6.45) is 5.91. The lowest BCUT2D eigenvalue weighted by molar-refractivity contribution is -0.141. The number of hydrogen-bond donors (Lipinski definition) is 0. The highest BCUT2D eigenvalue weighted by Crippen LogP contribution is 2.25. The van der Waals surface area contributed by atoms with Gasteiger partial charge in [0.05, 0.1) is 0 Å². The Kier molecular flexibility index (Phi) is 6.60. The molecule has 1 atom stereocenters. The van der Waals surface area contributed by atoms with Crippen molar-refractivity contribution in [2.24, 2.45) is 5.92 Å². The highest BCUT2D eigenvalue weighted by molar-refractivity contribution is 5.38. The van der Waals surface area contributed by atoms with E-state index in [1.165, 1.54) is 25.7 Å². The lowest BCUT2D eigenvalue weighted by atomic mass is 9.88. The van der Waals surface area contributed by atoms with Gasteiger partial charge in [0.25, 0.3) is 6.47 Å². The average molecular weight is 200 g/mol. The van der Waals surface area contributed by atoms with Crippen LogP contribution in [0.15, 0.2) is 0 Å². The van der Waals surface area contributed by atoms with Gasteiger partial charge in [-0.3, -0.25) is 4.79 Å². The Morgan fingerprint density at radius 3 is 2.43 bits per heavy atom. The zero-order valence-corrected chi connectivity index (χ0v) is 10.0. The molecular formula is C12H24O2. The zero-order chi connectivity index (χ0) is 11.0. The van der Waals surface area contributed by atoms with Gasteiger partial charge in [0, 0.05) is 0 Å². The van der Waals surface area contributed by atoms with Gasteiger partial charge < -0.3 is 4.74 Å². The highest BCUT2D eigenvalue weighted by Gasteiger charge is 2.23. The second-order valence-electron chi connectivity index (χ2n) is 4.59. The predicted molar refractivity (Wildman–Crippen MR) is 59.2 cm³/mol. The van der Waals surface area contributed by atoms with Crippen LogP contribution in [0.2, 0.25) is 0 Å². The second kappa shape index (κ2) is 6.86. The summed E-state index contributed by atoms with van der Waals surface area (Å²) >= 11 is 0. The molecule has 0 aromatic carbocycles. The quantitative estimate of drug-likeness (QED) is 0.560. The van der Waals surface area contributed by atoms with E-state index in [1.54, 1.807) is 0 Å². The van der Waals surface area contributed by atoms with Gasteiger partial charge in [0.1, 0.15) is 5.60 Å². The van der Waals surface area contributed by atoms with Crippen LogP contribution in [0.5, 0.6) is 0 Å². The second-order valence-corrected chi connectivity index (χ2v) is 4.59. The maximum Gasteiger partial charge on any atom is 0.293 e. The van der Waals surface area contributed by atoms with Crippen LogP contribution in [0.25, 0.3) is 0 Å². The van der Waals surface area contributed by atoms with Gasteiger partial charge in [0.15, 0.2) is 0 Å². The van der Waals surface area contributed by atoms with E-state index in [0.29, 0.717) is 12.4 Å². The molecule has 2 heteroatoms. The molecule has 0 aliphatic carbocycles. The number of ether oxygens (including phenoxy) is 1. The summed E-state index contributed by atoms with van der Waals surface area (Å²) in [6.45, 7) is 8.94. The molecule has 0 aliphatic heterocycles. The van der Waals surface area contributed by atoms with Crippen molar-refractivity contribution in [3.8, 4) is 0 Å². The first kappa shape index (κ1) is 13.5. The summed E-state index contributed by atoms with van der Waals surface area (Å²) in [4.78, 5) is 10.3. The van der Waals surface area contributed by atoms with Gasteiger partial charge >= 0.3 is 0 Å². The zero-order valence-electron chi connectivity index (χ0n) is 10.0. The smallest absolute Gasteiger partial charge is 0.293 e. The van der Waals surface area contributed by atoms with Gasteiger partial charge in [-0.1, -0.05) is 39.5 Å². The van der Waals surface area contributed by atoms with Crippen molar-refractivity contribution in [2.75, 3.05) is 0 Å². The van der Waals surface area contributed by atoms with Crippen LogP contribution in [0, 0.1) is 5.92 Å². The number of carbonyl (C=O) groups is 1. The summed E-state index contributed by atoms with van der Waals surface area (Å²) in [6, 6.07) is 0. The molecule has 0 saturated heterocycles. The molecule has 1 unspecified atom stereocenters. The third kappa shape index (κ3) is 6.01. The largest absolute Gasteiger partial charge is 0.462 e. The normalized spacial score (nSPS) is 13.7. The Labute approximate surface area is 88.0 Å². The molecule has 14 heavy (non-hydrogen) atoms. The number of unbranched alkanes of at least 4 members (excludes halogenated alkanes) is 1. The van der Waals surface area contributed by atoms with Crippen molar-refractivity contribution >= 4 is 6.47 Å². The standard InChI is InChI=1S/C12H24O2/c1-5-7-8-11(6-2)9-12(3,4)14-10-13/h10-11H,5-9H2,1-4H3. The van der Waals surface area contributed by atoms with Crippen molar-refractivity contribution in [2.45, 2.75) is 65.4 Å². The third-order valence-corrected chi connectivity index (χ3v) is 2.69. The Bertz CT molecular complexity index is 152. The van der Waals surface area contributed by atoms with Gasteiger partial charge in [-0.05, 0) is 26.2 Å².